The van der Waals surface area contributed by atoms with Crippen LogP contribution in [0.1, 0.15) is 35.6 Å². The second kappa shape index (κ2) is 7.87. The van der Waals surface area contributed by atoms with Gasteiger partial charge in [0.05, 0.1) is 24.8 Å². The zero-order valence-electron chi connectivity index (χ0n) is 13.0. The van der Waals surface area contributed by atoms with E-state index in [2.05, 4.69) is 5.32 Å². The minimum absolute atomic E-state index is 0.151. The maximum Gasteiger partial charge on any atom is 0.416 e. The van der Waals surface area contributed by atoms with Gasteiger partial charge in [0, 0.05) is 12.3 Å². The molecule has 0 aliphatic rings. The molecule has 0 bridgehead atoms. The highest BCUT2D eigenvalue weighted by Gasteiger charge is 2.30. The van der Waals surface area contributed by atoms with E-state index in [0.29, 0.717) is 11.3 Å². The molecule has 0 aliphatic carbocycles. The predicted molar refractivity (Wildman–Crippen MR) is 81.6 cm³/mol. The van der Waals surface area contributed by atoms with Gasteiger partial charge in [-0.3, -0.25) is 9.59 Å². The number of carbonyl (C=O) groups is 2. The average Bonchev–Trinajstić information content (AvgIpc) is 3.04. The second-order valence-electron chi connectivity index (χ2n) is 5.47. The Morgan fingerprint density at radius 2 is 1.80 bits per heavy atom. The van der Waals surface area contributed by atoms with Crippen LogP contribution < -0.4 is 5.32 Å². The molecule has 0 spiro atoms. The summed E-state index contributed by atoms with van der Waals surface area (Å²) in [7, 11) is 0. The third-order valence-electron chi connectivity index (χ3n) is 3.60. The minimum atomic E-state index is -4.47. The summed E-state index contributed by atoms with van der Waals surface area (Å²) in [5.41, 5.74) is -0.462. The molecule has 1 aromatic carbocycles. The van der Waals surface area contributed by atoms with Gasteiger partial charge < -0.3 is 14.8 Å². The van der Waals surface area contributed by atoms with Crippen molar-refractivity contribution in [1.29, 1.82) is 0 Å². The molecule has 0 aliphatic heterocycles. The second-order valence-corrected chi connectivity index (χ2v) is 5.47. The molecular weight excluding hydrogens is 339 g/mol. The van der Waals surface area contributed by atoms with E-state index in [1.807, 2.05) is 0 Å². The molecule has 1 atom stereocenters. The van der Waals surface area contributed by atoms with Crippen LogP contribution >= 0.6 is 0 Å². The molecule has 25 heavy (non-hydrogen) atoms. The van der Waals surface area contributed by atoms with Crippen LogP contribution in [0.5, 0.6) is 0 Å². The molecule has 2 rings (SSSR count). The molecule has 5 nitrogen and oxygen atoms in total. The van der Waals surface area contributed by atoms with E-state index in [1.54, 1.807) is 12.1 Å². The van der Waals surface area contributed by atoms with Crippen molar-refractivity contribution in [2.24, 2.45) is 0 Å². The number of benzene rings is 1. The molecule has 8 heteroatoms. The monoisotopic (exact) mass is 355 g/mol. The number of rotatable bonds is 7. The fraction of sp³-hybridized carbons (Fsp3) is 0.294. The Kier molecular flexibility index (Phi) is 5.84. The number of halogens is 3. The lowest BCUT2D eigenvalue weighted by Gasteiger charge is -2.16. The number of alkyl halides is 3. The first kappa shape index (κ1) is 18.6. The predicted octanol–water partition coefficient (Wildman–Crippen LogP) is 3.56. The molecule has 0 radical (unpaired) electrons. The van der Waals surface area contributed by atoms with Gasteiger partial charge in [0.15, 0.2) is 0 Å². The van der Waals surface area contributed by atoms with E-state index < -0.39 is 29.5 Å². The summed E-state index contributed by atoms with van der Waals surface area (Å²) >= 11 is 0. The van der Waals surface area contributed by atoms with Crippen molar-refractivity contribution in [2.75, 3.05) is 0 Å². The van der Waals surface area contributed by atoms with Gasteiger partial charge in [0.25, 0.3) is 0 Å². The number of hydrogen-bond acceptors (Lipinski definition) is 3. The van der Waals surface area contributed by atoms with E-state index in [4.69, 9.17) is 9.52 Å². The van der Waals surface area contributed by atoms with Crippen molar-refractivity contribution in [3.05, 3.63) is 59.5 Å². The van der Waals surface area contributed by atoms with Crippen LogP contribution in [-0.2, 0) is 22.3 Å². The highest BCUT2D eigenvalue weighted by Crippen LogP contribution is 2.31. The number of carbonyl (C=O) groups excluding carboxylic acids is 1. The smallest absolute Gasteiger partial charge is 0.416 e. The molecule has 0 saturated heterocycles. The third kappa shape index (κ3) is 5.66. The van der Waals surface area contributed by atoms with E-state index >= 15 is 0 Å². The summed E-state index contributed by atoms with van der Waals surface area (Å²) in [4.78, 5) is 23.0. The molecule has 2 aromatic rings. The van der Waals surface area contributed by atoms with Gasteiger partial charge in [-0.25, -0.2) is 0 Å². The van der Waals surface area contributed by atoms with E-state index in [-0.39, 0.29) is 19.4 Å². The first-order chi connectivity index (χ1) is 11.8. The maximum atomic E-state index is 12.6. The normalized spacial score (nSPS) is 12.6. The minimum Gasteiger partial charge on any atom is -0.481 e. The van der Waals surface area contributed by atoms with Gasteiger partial charge in [-0.2, -0.15) is 13.2 Å². The summed E-state index contributed by atoms with van der Waals surface area (Å²) < 4.78 is 42.9. The van der Waals surface area contributed by atoms with Gasteiger partial charge in [0.2, 0.25) is 5.91 Å². The fourth-order valence-electron chi connectivity index (χ4n) is 2.36. The highest BCUT2D eigenvalue weighted by molar-refractivity contribution is 5.78. The Balaban J connectivity index is 2.04. The molecule has 1 amide bonds. The number of carboxylic acid groups (broad SMARTS) is 1. The first-order valence-electron chi connectivity index (χ1n) is 7.43. The third-order valence-corrected chi connectivity index (χ3v) is 3.60. The molecule has 134 valence electrons. The zero-order valence-corrected chi connectivity index (χ0v) is 13.0. The molecule has 0 fully saturated rings. The van der Waals surface area contributed by atoms with Gasteiger partial charge in [0.1, 0.15) is 5.76 Å². The number of nitrogens with one attached hydrogen (secondary N) is 1. The van der Waals surface area contributed by atoms with Crippen LogP contribution in [0.2, 0.25) is 0 Å². The van der Waals surface area contributed by atoms with Crippen LogP contribution in [-0.4, -0.2) is 17.0 Å². The lowest BCUT2D eigenvalue weighted by atomic mass is 9.91. The molecule has 0 saturated carbocycles. The molecule has 0 unspecified atom stereocenters. The quantitative estimate of drug-likeness (QED) is 0.796. The molecule has 2 N–H and O–H groups in total. The molecule has 1 aromatic heterocycles. The van der Waals surface area contributed by atoms with E-state index in [1.165, 1.54) is 18.4 Å². The van der Waals surface area contributed by atoms with Crippen LogP contribution in [0.15, 0.2) is 47.1 Å². The Morgan fingerprint density at radius 1 is 1.12 bits per heavy atom. The van der Waals surface area contributed by atoms with E-state index in [9.17, 15) is 22.8 Å². The summed E-state index contributed by atoms with van der Waals surface area (Å²) in [5, 5.41) is 11.6. The van der Waals surface area contributed by atoms with Crippen LogP contribution in [0.4, 0.5) is 13.2 Å². The fourth-order valence-corrected chi connectivity index (χ4v) is 2.36. The molecular formula is C17H16F3NO4. The maximum absolute atomic E-state index is 12.6. The van der Waals surface area contributed by atoms with Gasteiger partial charge >= 0.3 is 12.1 Å². The van der Waals surface area contributed by atoms with Crippen molar-refractivity contribution in [1.82, 2.24) is 5.32 Å². The van der Waals surface area contributed by atoms with Crippen molar-refractivity contribution in [2.45, 2.75) is 31.5 Å². The first-order valence-corrected chi connectivity index (χ1v) is 7.43. The van der Waals surface area contributed by atoms with Crippen molar-refractivity contribution < 1.29 is 32.3 Å². The summed E-state index contributed by atoms with van der Waals surface area (Å²) in [6.45, 7) is 0.151. The van der Waals surface area contributed by atoms with Gasteiger partial charge in [-0.15, -0.1) is 0 Å². The van der Waals surface area contributed by atoms with Crippen LogP contribution in [0, 0.1) is 0 Å². The lowest BCUT2D eigenvalue weighted by molar-refractivity contribution is -0.138. The van der Waals surface area contributed by atoms with Crippen LogP contribution in [0.25, 0.3) is 0 Å². The number of carboxylic acids is 1. The summed E-state index contributed by atoms with van der Waals surface area (Å²) in [5.74, 6) is -1.74. The topological polar surface area (TPSA) is 79.5 Å². The van der Waals surface area contributed by atoms with E-state index in [0.717, 1.165) is 12.1 Å². The zero-order chi connectivity index (χ0) is 18.4. The van der Waals surface area contributed by atoms with Crippen molar-refractivity contribution in [3.63, 3.8) is 0 Å². The number of amides is 1. The highest BCUT2D eigenvalue weighted by atomic mass is 19.4. The standard InChI is InChI=1S/C17H16F3NO4/c18-17(19,20)13-5-3-11(4-6-13)12(9-16(23)24)8-15(22)21-10-14-2-1-7-25-14/h1-7,12H,8-10H2,(H,21,22)(H,23,24)/t12-/m1/s1. The Bertz CT molecular complexity index is 708. The van der Waals surface area contributed by atoms with Gasteiger partial charge in [-0.05, 0) is 29.8 Å². The Morgan fingerprint density at radius 3 is 2.32 bits per heavy atom. The lowest BCUT2D eigenvalue weighted by Crippen LogP contribution is -2.25. The Labute approximate surface area is 141 Å². The number of hydrogen-bond donors (Lipinski definition) is 2. The molecule has 1 heterocycles. The average molecular weight is 355 g/mol. The number of aliphatic carboxylic acids is 1. The van der Waals surface area contributed by atoms with Gasteiger partial charge in [-0.1, -0.05) is 12.1 Å². The SMILES string of the molecule is O=C(O)C[C@@H](CC(=O)NCc1ccco1)c1ccc(C(F)(F)F)cc1. The van der Waals surface area contributed by atoms with Crippen LogP contribution in [0.3, 0.4) is 0 Å². The summed E-state index contributed by atoms with van der Waals surface area (Å²) in [6.07, 6.45) is -3.53. The van der Waals surface area contributed by atoms with Crippen molar-refractivity contribution >= 4 is 11.9 Å². The summed E-state index contributed by atoms with van der Waals surface area (Å²) in [6, 6.07) is 7.50. The largest absolute Gasteiger partial charge is 0.481 e. The Hall–Kier alpha value is -2.77. The number of furan rings is 1. The van der Waals surface area contributed by atoms with Crippen molar-refractivity contribution in [3.8, 4) is 0 Å².